The Labute approximate surface area is 67.2 Å². The van der Waals surface area contributed by atoms with Crippen LogP contribution in [0.2, 0.25) is 0 Å². The van der Waals surface area contributed by atoms with Crippen molar-refractivity contribution >= 4 is 6.21 Å². The number of hydrogen-bond donors (Lipinski definition) is 2. The summed E-state index contributed by atoms with van der Waals surface area (Å²) in [7, 11) is 2.90. The van der Waals surface area contributed by atoms with Crippen LogP contribution in [0.5, 0.6) is 0 Å². The number of aliphatic hydroxyl groups excluding tert-OH is 1. The van der Waals surface area contributed by atoms with E-state index in [1.54, 1.807) is 0 Å². The molecule has 0 unspecified atom stereocenters. The van der Waals surface area contributed by atoms with E-state index >= 15 is 0 Å². The van der Waals surface area contributed by atoms with Crippen LogP contribution in [0.4, 0.5) is 0 Å². The lowest BCUT2D eigenvalue weighted by Gasteiger charge is -1.82. The van der Waals surface area contributed by atoms with Crippen molar-refractivity contribution in [1.82, 2.24) is 0 Å². The molecule has 0 aliphatic carbocycles. The molecule has 0 radical (unpaired) electrons. The van der Waals surface area contributed by atoms with Gasteiger partial charge in [0, 0.05) is 12.7 Å². The summed E-state index contributed by atoms with van der Waals surface area (Å²) >= 11 is 0. The van der Waals surface area contributed by atoms with Gasteiger partial charge in [-0.1, -0.05) is 18.2 Å². The monoisotopic (exact) mass is 152 g/mol. The smallest absolute Gasteiger partial charge is 0.168 e. The Kier molecular flexibility index (Phi) is 6.24. The minimum atomic E-state index is 1.00. The van der Waals surface area contributed by atoms with Gasteiger partial charge in [-0.25, -0.2) is 0 Å². The van der Waals surface area contributed by atoms with Crippen molar-refractivity contribution in [2.45, 2.75) is 0 Å². The van der Waals surface area contributed by atoms with E-state index in [9.17, 15) is 0 Å². The second-order valence-corrected chi connectivity index (χ2v) is 1.84. The van der Waals surface area contributed by atoms with Gasteiger partial charge < -0.3 is 5.11 Å². The Balaban J connectivity index is 0.000000461. The maximum Gasteiger partial charge on any atom is 0.168 e. The van der Waals surface area contributed by atoms with E-state index in [1.807, 2.05) is 31.5 Å². The number of hydrogen-bond acceptors (Lipinski definition) is 1. The molecule has 11 heavy (non-hydrogen) atoms. The van der Waals surface area contributed by atoms with Gasteiger partial charge >= 0.3 is 0 Å². The minimum Gasteiger partial charge on any atom is -0.400 e. The molecule has 0 spiro atoms. The molecule has 0 aromatic heterocycles. The fourth-order valence-corrected chi connectivity index (χ4v) is 0.716. The molecular weight excluding hydrogens is 138 g/mol. The summed E-state index contributed by atoms with van der Waals surface area (Å²) in [5, 5.41) is 7.00. The van der Waals surface area contributed by atoms with Crippen molar-refractivity contribution in [3.8, 4) is 0 Å². The highest BCUT2D eigenvalue weighted by Gasteiger charge is 1.83. The molecular formula is C9H14NO+. The lowest BCUT2D eigenvalue weighted by Crippen LogP contribution is -2.63. The summed E-state index contributed by atoms with van der Waals surface area (Å²) in [4.78, 5) is 2.96. The van der Waals surface area contributed by atoms with Crippen LogP contribution in [-0.4, -0.2) is 25.5 Å². The Morgan fingerprint density at radius 2 is 1.73 bits per heavy atom. The minimum absolute atomic E-state index is 1.00. The van der Waals surface area contributed by atoms with Gasteiger partial charge in [0.25, 0.3) is 0 Å². The summed E-state index contributed by atoms with van der Waals surface area (Å²) in [6.07, 6.45) is 1.96. The molecule has 1 aromatic rings. The Hall–Kier alpha value is -1.15. The predicted octanol–water partition coefficient (Wildman–Crippen LogP) is -0.576. The van der Waals surface area contributed by atoms with E-state index in [1.165, 1.54) is 5.56 Å². The first kappa shape index (κ1) is 9.85. The average Bonchev–Trinajstić information content (AvgIpc) is 2.11. The molecule has 1 aromatic carbocycles. The van der Waals surface area contributed by atoms with Gasteiger partial charge in [0.15, 0.2) is 6.21 Å². The molecule has 0 fully saturated rings. The van der Waals surface area contributed by atoms with Crippen molar-refractivity contribution in [2.24, 2.45) is 0 Å². The van der Waals surface area contributed by atoms with Crippen LogP contribution >= 0.6 is 0 Å². The van der Waals surface area contributed by atoms with Crippen molar-refractivity contribution in [3.05, 3.63) is 35.9 Å². The van der Waals surface area contributed by atoms with E-state index in [0.717, 1.165) is 7.11 Å². The lowest BCUT2D eigenvalue weighted by molar-refractivity contribution is -0.413. The zero-order valence-electron chi connectivity index (χ0n) is 6.91. The largest absolute Gasteiger partial charge is 0.400 e. The highest BCUT2D eigenvalue weighted by atomic mass is 16.2. The molecule has 0 heterocycles. The van der Waals surface area contributed by atoms with Gasteiger partial charge in [0.2, 0.25) is 0 Å². The van der Waals surface area contributed by atoms with E-state index in [-0.39, 0.29) is 0 Å². The Bertz CT molecular complexity index is 194. The molecule has 0 bridgehead atoms. The van der Waals surface area contributed by atoms with Crippen LogP contribution < -0.4 is 4.99 Å². The van der Waals surface area contributed by atoms with Crippen molar-refractivity contribution in [3.63, 3.8) is 0 Å². The van der Waals surface area contributed by atoms with Gasteiger partial charge in [0.05, 0.1) is 0 Å². The third kappa shape index (κ3) is 4.28. The van der Waals surface area contributed by atoms with Crippen LogP contribution in [0.3, 0.4) is 0 Å². The molecule has 2 heteroatoms. The fraction of sp³-hybridized carbons (Fsp3) is 0.222. The van der Waals surface area contributed by atoms with E-state index in [2.05, 4.69) is 17.1 Å². The predicted molar refractivity (Wildman–Crippen MR) is 46.6 cm³/mol. The Morgan fingerprint density at radius 1 is 1.18 bits per heavy atom. The van der Waals surface area contributed by atoms with Crippen molar-refractivity contribution in [2.75, 3.05) is 14.2 Å². The second-order valence-electron chi connectivity index (χ2n) is 1.84. The average molecular weight is 152 g/mol. The van der Waals surface area contributed by atoms with E-state index in [0.29, 0.717) is 0 Å². The molecule has 0 saturated carbocycles. The summed E-state index contributed by atoms with van der Waals surface area (Å²) < 4.78 is 0. The maximum absolute atomic E-state index is 7.00. The van der Waals surface area contributed by atoms with Gasteiger partial charge in [0.1, 0.15) is 7.05 Å². The van der Waals surface area contributed by atoms with Crippen LogP contribution in [0, 0.1) is 0 Å². The Morgan fingerprint density at radius 3 is 2.18 bits per heavy atom. The summed E-state index contributed by atoms with van der Waals surface area (Å²) in [6.45, 7) is 0. The molecule has 2 nitrogen and oxygen atoms in total. The summed E-state index contributed by atoms with van der Waals surface area (Å²) in [5.41, 5.74) is 1.21. The fourth-order valence-electron chi connectivity index (χ4n) is 0.716. The standard InChI is InChI=1S/C8H9N.CH4O/c1-9-7-8-5-3-2-4-6-8;1-2/h2-7H,1H3;2H,1H3/p+1. The first-order chi connectivity index (χ1) is 5.43. The molecule has 60 valence electrons. The van der Waals surface area contributed by atoms with Crippen LogP contribution in [0.1, 0.15) is 5.56 Å². The summed E-state index contributed by atoms with van der Waals surface area (Å²) in [5.74, 6) is 0. The normalized spacial score (nSPS) is 9.00. The number of nitrogens with one attached hydrogen (secondary N) is 1. The SMILES string of the molecule is CO.C[NH+]=Cc1ccccc1. The third-order valence-corrected chi connectivity index (χ3v) is 1.11. The first-order valence-corrected chi connectivity index (χ1v) is 3.44. The quantitative estimate of drug-likeness (QED) is 0.519. The van der Waals surface area contributed by atoms with Gasteiger partial charge in [-0.15, -0.1) is 0 Å². The van der Waals surface area contributed by atoms with Crippen molar-refractivity contribution < 1.29 is 10.1 Å². The zero-order chi connectivity index (χ0) is 8.53. The molecule has 0 saturated heterocycles. The molecule has 2 N–H and O–H groups in total. The number of rotatable bonds is 1. The zero-order valence-corrected chi connectivity index (χ0v) is 6.91. The summed E-state index contributed by atoms with van der Waals surface area (Å²) in [6, 6.07) is 10.1. The molecule has 0 atom stereocenters. The highest BCUT2D eigenvalue weighted by molar-refractivity contribution is 5.74. The number of benzene rings is 1. The first-order valence-electron chi connectivity index (χ1n) is 3.44. The second kappa shape index (κ2) is 6.96. The van der Waals surface area contributed by atoms with Crippen molar-refractivity contribution in [1.29, 1.82) is 0 Å². The van der Waals surface area contributed by atoms with E-state index < -0.39 is 0 Å². The van der Waals surface area contributed by atoms with Gasteiger partial charge in [-0.05, 0) is 12.1 Å². The van der Waals surface area contributed by atoms with Crippen LogP contribution in [-0.2, 0) is 0 Å². The lowest BCUT2D eigenvalue weighted by atomic mass is 10.2. The van der Waals surface area contributed by atoms with Gasteiger partial charge in [-0.3, -0.25) is 4.99 Å². The third-order valence-electron chi connectivity index (χ3n) is 1.11. The van der Waals surface area contributed by atoms with Crippen LogP contribution in [0.15, 0.2) is 30.3 Å². The molecule has 0 aliphatic rings. The van der Waals surface area contributed by atoms with E-state index in [4.69, 9.17) is 5.11 Å². The highest BCUT2D eigenvalue weighted by Crippen LogP contribution is 1.90. The van der Waals surface area contributed by atoms with Crippen LogP contribution in [0.25, 0.3) is 0 Å². The molecule has 1 rings (SSSR count). The molecule has 0 amide bonds. The number of aliphatic hydroxyl groups is 1. The van der Waals surface area contributed by atoms with Gasteiger partial charge in [-0.2, -0.15) is 0 Å². The maximum atomic E-state index is 7.00. The topological polar surface area (TPSA) is 34.2 Å². The molecule has 0 aliphatic heterocycles.